The smallest absolute Gasteiger partial charge is 0.259 e. The standard InChI is InChI=1S/C21H19Cl2FN4O.ClH/c22-14-1-6-19(18(23)11-14)27-21(29)17-12-26-28(16-4-2-15(24)3-5-16)20(17)13-7-9-25-10-8-13;/h1-6,11-13,25H,7-10H2,(H,27,29);1H. The first-order valence-electron chi connectivity index (χ1n) is 9.34. The first-order chi connectivity index (χ1) is 14.0. The first kappa shape index (κ1) is 22.6. The van der Waals surface area contributed by atoms with E-state index in [1.807, 2.05) is 0 Å². The molecule has 1 aromatic heterocycles. The third-order valence-electron chi connectivity index (χ3n) is 5.03. The van der Waals surface area contributed by atoms with Gasteiger partial charge >= 0.3 is 0 Å². The molecule has 1 amide bonds. The quantitative estimate of drug-likeness (QED) is 0.533. The largest absolute Gasteiger partial charge is 0.321 e. The average molecular weight is 470 g/mol. The van der Waals surface area contributed by atoms with Crippen LogP contribution in [0.15, 0.2) is 48.7 Å². The van der Waals surface area contributed by atoms with Crippen LogP contribution in [0.2, 0.25) is 10.0 Å². The summed E-state index contributed by atoms with van der Waals surface area (Å²) in [7, 11) is 0. The van der Waals surface area contributed by atoms with Crippen molar-refractivity contribution in [3.05, 3.63) is 75.8 Å². The lowest BCUT2D eigenvalue weighted by Gasteiger charge is -2.24. The van der Waals surface area contributed by atoms with E-state index in [2.05, 4.69) is 15.7 Å². The number of carbonyl (C=O) groups excluding carboxylic acids is 1. The highest BCUT2D eigenvalue weighted by atomic mass is 35.5. The molecule has 3 aromatic rings. The number of amides is 1. The molecular formula is C21H20Cl3FN4O. The summed E-state index contributed by atoms with van der Waals surface area (Å²) < 4.78 is 15.1. The molecule has 1 fully saturated rings. The third kappa shape index (κ3) is 4.78. The first-order valence-corrected chi connectivity index (χ1v) is 10.1. The fourth-order valence-corrected chi connectivity index (χ4v) is 4.05. The summed E-state index contributed by atoms with van der Waals surface area (Å²) in [6, 6.07) is 11.0. The Morgan fingerprint density at radius 2 is 1.83 bits per heavy atom. The van der Waals surface area contributed by atoms with Crippen LogP contribution < -0.4 is 10.6 Å². The van der Waals surface area contributed by atoms with Crippen LogP contribution in [-0.2, 0) is 0 Å². The Bertz CT molecular complexity index is 1030. The molecule has 2 N–H and O–H groups in total. The molecule has 1 saturated heterocycles. The second kappa shape index (κ2) is 9.79. The number of hydrogen-bond acceptors (Lipinski definition) is 3. The minimum Gasteiger partial charge on any atom is -0.321 e. The van der Waals surface area contributed by atoms with Gasteiger partial charge in [0, 0.05) is 10.9 Å². The van der Waals surface area contributed by atoms with Gasteiger partial charge in [-0.1, -0.05) is 23.2 Å². The topological polar surface area (TPSA) is 59.0 Å². The molecule has 5 nitrogen and oxygen atoms in total. The molecule has 0 atom stereocenters. The third-order valence-corrected chi connectivity index (χ3v) is 5.58. The van der Waals surface area contributed by atoms with Crippen molar-refractivity contribution in [1.82, 2.24) is 15.1 Å². The molecule has 1 aliphatic rings. The summed E-state index contributed by atoms with van der Waals surface area (Å²) in [5, 5.41) is 11.5. The van der Waals surface area contributed by atoms with Gasteiger partial charge in [-0.3, -0.25) is 4.79 Å². The molecule has 0 bridgehead atoms. The van der Waals surface area contributed by atoms with Gasteiger partial charge in [-0.15, -0.1) is 12.4 Å². The highest BCUT2D eigenvalue weighted by Gasteiger charge is 2.27. The van der Waals surface area contributed by atoms with Crippen molar-refractivity contribution in [3.63, 3.8) is 0 Å². The lowest BCUT2D eigenvalue weighted by atomic mass is 9.91. The highest BCUT2D eigenvalue weighted by molar-refractivity contribution is 6.36. The summed E-state index contributed by atoms with van der Waals surface area (Å²) in [6.07, 6.45) is 3.32. The summed E-state index contributed by atoms with van der Waals surface area (Å²) in [4.78, 5) is 13.1. The summed E-state index contributed by atoms with van der Waals surface area (Å²) in [5.41, 5.74) is 2.49. The second-order valence-corrected chi connectivity index (χ2v) is 7.78. The molecule has 158 valence electrons. The Labute approximate surface area is 190 Å². The number of hydrogen-bond donors (Lipinski definition) is 2. The highest BCUT2D eigenvalue weighted by Crippen LogP contribution is 2.32. The van der Waals surface area contributed by atoms with Gasteiger partial charge in [0.05, 0.1) is 33.9 Å². The van der Waals surface area contributed by atoms with Crippen molar-refractivity contribution >= 4 is 47.2 Å². The van der Waals surface area contributed by atoms with Gasteiger partial charge in [-0.25, -0.2) is 9.07 Å². The average Bonchev–Trinajstić information content (AvgIpc) is 3.16. The Hall–Kier alpha value is -2.12. The van der Waals surface area contributed by atoms with E-state index in [9.17, 15) is 9.18 Å². The molecule has 0 saturated carbocycles. The van der Waals surface area contributed by atoms with Crippen LogP contribution in [-0.4, -0.2) is 28.8 Å². The van der Waals surface area contributed by atoms with E-state index >= 15 is 0 Å². The van der Waals surface area contributed by atoms with Crippen LogP contribution in [0.5, 0.6) is 0 Å². The van der Waals surface area contributed by atoms with E-state index in [4.69, 9.17) is 23.2 Å². The predicted molar refractivity (Wildman–Crippen MR) is 120 cm³/mol. The Balaban J connectivity index is 0.00000256. The lowest BCUT2D eigenvalue weighted by molar-refractivity contribution is 0.102. The number of piperidine rings is 1. The lowest BCUT2D eigenvalue weighted by Crippen LogP contribution is -2.29. The van der Waals surface area contributed by atoms with Gasteiger partial charge in [-0.2, -0.15) is 5.10 Å². The van der Waals surface area contributed by atoms with Crippen molar-refractivity contribution in [2.24, 2.45) is 0 Å². The number of nitrogens with zero attached hydrogens (tertiary/aromatic N) is 2. The van der Waals surface area contributed by atoms with Crippen LogP contribution >= 0.6 is 35.6 Å². The monoisotopic (exact) mass is 468 g/mol. The molecular weight excluding hydrogens is 450 g/mol. The summed E-state index contributed by atoms with van der Waals surface area (Å²) in [5.74, 6) is -0.457. The van der Waals surface area contributed by atoms with Crippen molar-refractivity contribution in [2.75, 3.05) is 18.4 Å². The fourth-order valence-electron chi connectivity index (χ4n) is 3.59. The van der Waals surface area contributed by atoms with E-state index in [-0.39, 0.29) is 30.0 Å². The van der Waals surface area contributed by atoms with Crippen LogP contribution in [0.1, 0.15) is 34.8 Å². The number of nitrogens with one attached hydrogen (secondary N) is 2. The summed E-state index contributed by atoms with van der Waals surface area (Å²) >= 11 is 12.1. The molecule has 2 heterocycles. The summed E-state index contributed by atoms with van der Waals surface area (Å²) in [6.45, 7) is 1.73. The van der Waals surface area contributed by atoms with Crippen LogP contribution in [0, 0.1) is 5.82 Å². The number of anilines is 1. The van der Waals surface area contributed by atoms with Crippen molar-refractivity contribution in [1.29, 1.82) is 0 Å². The number of benzene rings is 2. The molecule has 30 heavy (non-hydrogen) atoms. The van der Waals surface area contributed by atoms with E-state index in [1.165, 1.54) is 12.1 Å². The molecule has 4 rings (SSSR count). The van der Waals surface area contributed by atoms with Crippen molar-refractivity contribution < 1.29 is 9.18 Å². The van der Waals surface area contributed by atoms with E-state index in [1.54, 1.807) is 41.2 Å². The van der Waals surface area contributed by atoms with Gasteiger partial charge in [0.1, 0.15) is 5.82 Å². The SMILES string of the molecule is Cl.O=C(Nc1ccc(Cl)cc1Cl)c1cnn(-c2ccc(F)cc2)c1C1CCNCC1. The molecule has 9 heteroatoms. The van der Waals surface area contributed by atoms with Crippen LogP contribution in [0.25, 0.3) is 5.69 Å². The number of aromatic nitrogens is 2. The van der Waals surface area contributed by atoms with E-state index in [0.29, 0.717) is 27.0 Å². The molecule has 2 aromatic carbocycles. The van der Waals surface area contributed by atoms with E-state index in [0.717, 1.165) is 31.6 Å². The molecule has 0 radical (unpaired) electrons. The van der Waals surface area contributed by atoms with Crippen molar-refractivity contribution in [2.45, 2.75) is 18.8 Å². The van der Waals surface area contributed by atoms with Gasteiger partial charge in [0.25, 0.3) is 5.91 Å². The zero-order chi connectivity index (χ0) is 20.4. The Kier molecular flexibility index (Phi) is 7.36. The van der Waals surface area contributed by atoms with E-state index < -0.39 is 0 Å². The Morgan fingerprint density at radius 3 is 2.50 bits per heavy atom. The zero-order valence-electron chi connectivity index (χ0n) is 15.9. The minimum absolute atomic E-state index is 0. The normalized spacial score (nSPS) is 14.2. The van der Waals surface area contributed by atoms with Crippen LogP contribution in [0.4, 0.5) is 10.1 Å². The number of halogens is 4. The minimum atomic E-state index is -0.320. The molecule has 1 aliphatic heterocycles. The molecule has 0 spiro atoms. The molecule has 0 aliphatic carbocycles. The Morgan fingerprint density at radius 1 is 1.13 bits per heavy atom. The fraction of sp³-hybridized carbons (Fsp3) is 0.238. The number of carbonyl (C=O) groups is 1. The molecule has 0 unspecified atom stereocenters. The van der Waals surface area contributed by atoms with Gasteiger partial charge in [0.15, 0.2) is 0 Å². The van der Waals surface area contributed by atoms with Crippen LogP contribution in [0.3, 0.4) is 0 Å². The van der Waals surface area contributed by atoms with Gasteiger partial charge < -0.3 is 10.6 Å². The van der Waals surface area contributed by atoms with Gasteiger partial charge in [0.2, 0.25) is 0 Å². The zero-order valence-corrected chi connectivity index (χ0v) is 18.2. The predicted octanol–water partition coefficient (Wildman–Crippen LogP) is 5.46. The second-order valence-electron chi connectivity index (χ2n) is 6.93. The maximum atomic E-state index is 13.4. The van der Waals surface area contributed by atoms with Crippen molar-refractivity contribution in [3.8, 4) is 5.69 Å². The maximum absolute atomic E-state index is 13.4. The van der Waals surface area contributed by atoms with Gasteiger partial charge in [-0.05, 0) is 68.4 Å². The number of rotatable bonds is 4. The maximum Gasteiger partial charge on any atom is 0.259 e.